The Kier molecular flexibility index (Phi) is 3.24. The maximum atomic E-state index is 11.2. The highest BCUT2D eigenvalue weighted by atomic mass is 32.1. The number of hydrogen-bond acceptors (Lipinski definition) is 3. The van der Waals surface area contributed by atoms with Crippen LogP contribution in [0.3, 0.4) is 0 Å². The molecule has 0 amide bonds. The lowest BCUT2D eigenvalue weighted by atomic mass is 10.1. The molecular formula is C16H14N2OS. The number of nitrogens with zero attached hydrogens (tertiary/aromatic N) is 2. The molecule has 1 aromatic carbocycles. The second kappa shape index (κ2) is 5.06. The number of fused-ring (bicyclic) bond motifs is 1. The highest BCUT2D eigenvalue weighted by Gasteiger charge is 2.12. The predicted molar refractivity (Wildman–Crippen MR) is 83.0 cm³/mol. The second-order valence-corrected chi connectivity index (χ2v) is 5.58. The molecule has 3 rings (SSSR count). The zero-order chi connectivity index (χ0) is 14.1. The molecule has 0 atom stereocenters. The van der Waals surface area contributed by atoms with E-state index in [2.05, 4.69) is 36.2 Å². The molecule has 100 valence electrons. The van der Waals surface area contributed by atoms with Crippen LogP contribution in [0.5, 0.6) is 0 Å². The molecule has 0 bridgehead atoms. The van der Waals surface area contributed by atoms with Crippen LogP contribution in [0.15, 0.2) is 41.9 Å². The average molecular weight is 282 g/mol. The van der Waals surface area contributed by atoms with Crippen molar-refractivity contribution in [1.29, 1.82) is 0 Å². The molecule has 0 N–H and O–H groups in total. The van der Waals surface area contributed by atoms with Crippen molar-refractivity contribution in [3.8, 4) is 11.3 Å². The number of benzene rings is 1. The molecule has 0 saturated heterocycles. The Morgan fingerprint density at radius 2 is 2.05 bits per heavy atom. The van der Waals surface area contributed by atoms with Gasteiger partial charge in [-0.25, -0.2) is 4.98 Å². The van der Waals surface area contributed by atoms with Crippen LogP contribution in [0.2, 0.25) is 0 Å². The number of ketones is 1. The summed E-state index contributed by atoms with van der Waals surface area (Å²) in [5.41, 5.74) is 4.14. The molecule has 0 aliphatic heterocycles. The van der Waals surface area contributed by atoms with Gasteiger partial charge in [-0.1, -0.05) is 29.8 Å². The molecule has 0 aliphatic rings. The quantitative estimate of drug-likeness (QED) is 0.681. The van der Waals surface area contributed by atoms with Crippen LogP contribution in [-0.2, 0) is 4.79 Å². The van der Waals surface area contributed by atoms with Crippen molar-refractivity contribution in [3.63, 3.8) is 0 Å². The van der Waals surface area contributed by atoms with Crippen LogP contribution in [0.1, 0.15) is 18.2 Å². The van der Waals surface area contributed by atoms with E-state index in [1.54, 1.807) is 24.3 Å². The first-order valence-corrected chi connectivity index (χ1v) is 7.24. The first kappa shape index (κ1) is 12.8. The second-order valence-electron chi connectivity index (χ2n) is 4.71. The van der Waals surface area contributed by atoms with Gasteiger partial charge in [0.1, 0.15) is 0 Å². The van der Waals surface area contributed by atoms with Crippen LogP contribution in [-0.4, -0.2) is 15.2 Å². The van der Waals surface area contributed by atoms with E-state index in [9.17, 15) is 4.79 Å². The molecule has 20 heavy (non-hydrogen) atoms. The SMILES string of the molecule is CC(=O)/C=C/c1c(-c2ccc(C)cc2)nc2sccn12. The van der Waals surface area contributed by atoms with Crippen LogP contribution in [0.25, 0.3) is 22.3 Å². The number of allylic oxidation sites excluding steroid dienone is 1. The number of aromatic nitrogens is 2. The Morgan fingerprint density at radius 1 is 1.30 bits per heavy atom. The van der Waals surface area contributed by atoms with Gasteiger partial charge < -0.3 is 0 Å². The normalized spacial score (nSPS) is 11.5. The number of rotatable bonds is 3. The molecule has 2 aromatic heterocycles. The number of hydrogen-bond donors (Lipinski definition) is 0. The van der Waals surface area contributed by atoms with Gasteiger partial charge in [0.2, 0.25) is 0 Å². The minimum Gasteiger partial charge on any atom is -0.295 e. The number of carbonyl (C=O) groups excluding carboxylic acids is 1. The summed E-state index contributed by atoms with van der Waals surface area (Å²) in [6.07, 6.45) is 5.40. The first-order chi connectivity index (χ1) is 9.65. The Morgan fingerprint density at radius 3 is 2.75 bits per heavy atom. The third kappa shape index (κ3) is 2.30. The standard InChI is InChI=1S/C16H14N2OS/c1-11-3-6-13(7-4-11)15-14(8-5-12(2)19)18-9-10-20-16(18)17-15/h3-10H,1-2H3/b8-5+. The Balaban J connectivity index is 2.18. The molecular weight excluding hydrogens is 268 g/mol. The maximum Gasteiger partial charge on any atom is 0.194 e. The molecule has 0 spiro atoms. The van der Waals surface area contributed by atoms with Crippen LogP contribution >= 0.6 is 11.3 Å². The van der Waals surface area contributed by atoms with E-state index in [-0.39, 0.29) is 5.78 Å². The van der Waals surface area contributed by atoms with E-state index in [0.29, 0.717) is 0 Å². The van der Waals surface area contributed by atoms with Gasteiger partial charge in [0.15, 0.2) is 10.7 Å². The van der Waals surface area contributed by atoms with Gasteiger partial charge in [0.25, 0.3) is 0 Å². The predicted octanol–water partition coefficient (Wildman–Crippen LogP) is 3.97. The van der Waals surface area contributed by atoms with Gasteiger partial charge >= 0.3 is 0 Å². The van der Waals surface area contributed by atoms with Crippen molar-refractivity contribution in [3.05, 3.63) is 53.2 Å². The Bertz CT molecular complexity index is 794. The summed E-state index contributed by atoms with van der Waals surface area (Å²) in [5.74, 6) is 0.0324. The largest absolute Gasteiger partial charge is 0.295 e. The monoisotopic (exact) mass is 282 g/mol. The Hall–Kier alpha value is -2.20. The van der Waals surface area contributed by atoms with E-state index < -0.39 is 0 Å². The summed E-state index contributed by atoms with van der Waals surface area (Å²) < 4.78 is 2.01. The van der Waals surface area contributed by atoms with Gasteiger partial charge in [-0.3, -0.25) is 9.20 Å². The number of imidazole rings is 1. The lowest BCUT2D eigenvalue weighted by Crippen LogP contribution is -1.87. The first-order valence-electron chi connectivity index (χ1n) is 6.36. The minimum absolute atomic E-state index is 0.0324. The fourth-order valence-electron chi connectivity index (χ4n) is 2.08. The number of thiazole rings is 1. The van der Waals surface area contributed by atoms with Gasteiger partial charge in [-0.2, -0.15) is 0 Å². The van der Waals surface area contributed by atoms with Crippen molar-refractivity contribution in [1.82, 2.24) is 9.38 Å². The van der Waals surface area contributed by atoms with Crippen LogP contribution in [0, 0.1) is 6.92 Å². The lowest BCUT2D eigenvalue weighted by Gasteiger charge is -2.00. The molecule has 2 heterocycles. The molecule has 3 nitrogen and oxygen atoms in total. The average Bonchev–Trinajstić information content (AvgIpc) is 2.98. The maximum absolute atomic E-state index is 11.2. The van der Waals surface area contributed by atoms with Gasteiger partial charge in [0, 0.05) is 17.1 Å². The zero-order valence-corrected chi connectivity index (χ0v) is 12.1. The van der Waals surface area contributed by atoms with E-state index in [1.807, 2.05) is 22.1 Å². The van der Waals surface area contributed by atoms with Crippen LogP contribution in [0.4, 0.5) is 0 Å². The zero-order valence-electron chi connectivity index (χ0n) is 11.3. The number of aryl methyl sites for hydroxylation is 1. The molecule has 3 aromatic rings. The summed E-state index contributed by atoms with van der Waals surface area (Å²) in [7, 11) is 0. The summed E-state index contributed by atoms with van der Waals surface area (Å²) >= 11 is 1.59. The van der Waals surface area contributed by atoms with E-state index >= 15 is 0 Å². The molecule has 0 aliphatic carbocycles. The van der Waals surface area contributed by atoms with Crippen molar-refractivity contribution in [2.24, 2.45) is 0 Å². The van der Waals surface area contributed by atoms with Crippen molar-refractivity contribution in [2.45, 2.75) is 13.8 Å². The van der Waals surface area contributed by atoms with Gasteiger partial charge in [-0.15, -0.1) is 11.3 Å². The van der Waals surface area contributed by atoms with Crippen LogP contribution < -0.4 is 0 Å². The highest BCUT2D eigenvalue weighted by molar-refractivity contribution is 7.15. The summed E-state index contributed by atoms with van der Waals surface area (Å²) in [6.45, 7) is 3.61. The summed E-state index contributed by atoms with van der Waals surface area (Å²) in [6, 6.07) is 8.27. The molecule has 0 unspecified atom stereocenters. The molecule has 0 fully saturated rings. The van der Waals surface area contributed by atoms with Gasteiger partial charge in [-0.05, 0) is 26.0 Å². The third-order valence-corrected chi connectivity index (χ3v) is 3.86. The lowest BCUT2D eigenvalue weighted by molar-refractivity contribution is -0.112. The molecule has 0 saturated carbocycles. The fraction of sp³-hybridized carbons (Fsp3) is 0.125. The minimum atomic E-state index is 0.0324. The van der Waals surface area contributed by atoms with Crippen molar-refractivity contribution >= 4 is 28.2 Å². The van der Waals surface area contributed by atoms with Crippen molar-refractivity contribution < 1.29 is 4.79 Å². The summed E-state index contributed by atoms with van der Waals surface area (Å²) in [5, 5.41) is 1.99. The molecule has 4 heteroatoms. The third-order valence-electron chi connectivity index (χ3n) is 3.10. The van der Waals surface area contributed by atoms with Gasteiger partial charge in [0.05, 0.1) is 11.4 Å². The van der Waals surface area contributed by atoms with Crippen molar-refractivity contribution in [2.75, 3.05) is 0 Å². The van der Waals surface area contributed by atoms with E-state index in [1.165, 1.54) is 5.56 Å². The topological polar surface area (TPSA) is 34.4 Å². The molecule has 0 radical (unpaired) electrons. The smallest absolute Gasteiger partial charge is 0.194 e. The summed E-state index contributed by atoms with van der Waals surface area (Å²) in [4.78, 5) is 16.8. The highest BCUT2D eigenvalue weighted by Crippen LogP contribution is 2.27. The number of carbonyl (C=O) groups is 1. The Labute approximate surface area is 121 Å². The fourth-order valence-corrected chi connectivity index (χ4v) is 2.80. The van der Waals surface area contributed by atoms with E-state index in [4.69, 9.17) is 0 Å². The van der Waals surface area contributed by atoms with E-state index in [0.717, 1.165) is 21.9 Å².